The molecular weight excluding hydrogens is 188 g/mol. The highest BCUT2D eigenvalue weighted by atomic mass is 16.5. The summed E-state index contributed by atoms with van der Waals surface area (Å²) in [7, 11) is 0. The lowest BCUT2D eigenvalue weighted by Gasteiger charge is -1.91. The van der Waals surface area contributed by atoms with E-state index in [1.165, 1.54) is 13.0 Å². The molecule has 74 valence electrons. The van der Waals surface area contributed by atoms with E-state index in [0.717, 1.165) is 0 Å². The maximum absolute atomic E-state index is 10.3. The maximum Gasteiger partial charge on any atom is 0.302 e. The van der Waals surface area contributed by atoms with Gasteiger partial charge in [0.15, 0.2) is 0 Å². The van der Waals surface area contributed by atoms with E-state index in [-0.39, 0.29) is 12.6 Å². The molecule has 0 atom stereocenters. The van der Waals surface area contributed by atoms with Gasteiger partial charge in [-0.3, -0.25) is 4.79 Å². The van der Waals surface area contributed by atoms with E-state index in [4.69, 9.17) is 0 Å². The Balaban J connectivity index is 3.82. The fourth-order valence-corrected chi connectivity index (χ4v) is 0.500. The van der Waals surface area contributed by atoms with Crippen molar-refractivity contribution in [2.75, 3.05) is 6.61 Å². The minimum absolute atomic E-state index is 0.230. The van der Waals surface area contributed by atoms with Gasteiger partial charge in [-0.05, 0) is 41.9 Å². The number of ether oxygens (including phenoxy) is 1. The van der Waals surface area contributed by atoms with Crippen molar-refractivity contribution in [2.24, 2.45) is 0 Å². The monoisotopic (exact) mass is 198 g/mol. The smallest absolute Gasteiger partial charge is 0.302 e. The first-order valence-corrected chi connectivity index (χ1v) is 4.17. The third kappa shape index (κ3) is 11.6. The summed E-state index contributed by atoms with van der Waals surface area (Å²) >= 11 is 0. The molecule has 0 saturated heterocycles. The molecule has 0 aromatic carbocycles. The topological polar surface area (TPSA) is 26.3 Å². The Bertz CT molecular complexity index is 422. The van der Waals surface area contributed by atoms with Gasteiger partial charge < -0.3 is 4.74 Å². The van der Waals surface area contributed by atoms with Crippen molar-refractivity contribution in [2.45, 2.75) is 6.92 Å². The summed E-state index contributed by atoms with van der Waals surface area (Å²) in [6, 6.07) is 0. The summed E-state index contributed by atoms with van der Waals surface area (Å²) in [4.78, 5) is 10.3. The van der Waals surface area contributed by atoms with Gasteiger partial charge >= 0.3 is 5.97 Å². The van der Waals surface area contributed by atoms with Crippen LogP contribution in [0.2, 0.25) is 0 Å². The Morgan fingerprint density at radius 2 is 1.93 bits per heavy atom. The Morgan fingerprint density at radius 1 is 1.27 bits per heavy atom. The standard InChI is InChI=1S/C13H10O2/c1-3-4-5-6-7-8-9-10-11-12-15-13(2)14/h3,10-11H,1,12H2,2H3. The number of hydrogen-bond acceptors (Lipinski definition) is 2. The summed E-state index contributed by atoms with van der Waals surface area (Å²) in [6.45, 7) is 4.99. The molecule has 0 aliphatic carbocycles. The summed E-state index contributed by atoms with van der Waals surface area (Å²) in [5, 5.41) is 0. The number of carbonyl (C=O) groups excluding carboxylic acids is 1. The van der Waals surface area contributed by atoms with Gasteiger partial charge in [-0.15, -0.1) is 0 Å². The van der Waals surface area contributed by atoms with Crippen molar-refractivity contribution < 1.29 is 9.53 Å². The van der Waals surface area contributed by atoms with Crippen molar-refractivity contribution in [3.8, 4) is 35.5 Å². The molecule has 0 aromatic rings. The quantitative estimate of drug-likeness (QED) is 0.494. The molecule has 2 heteroatoms. The van der Waals surface area contributed by atoms with E-state index in [9.17, 15) is 4.79 Å². The minimum Gasteiger partial charge on any atom is -0.462 e. The lowest BCUT2D eigenvalue weighted by Crippen LogP contribution is -1.96. The zero-order valence-electron chi connectivity index (χ0n) is 8.46. The minimum atomic E-state index is -0.313. The SMILES string of the molecule is C=CC#CC#CC#CC=CCOC(C)=O. The Hall–Kier alpha value is -2.37. The second-order valence-electron chi connectivity index (χ2n) is 2.20. The molecule has 0 fully saturated rings. The molecule has 0 aliphatic heterocycles. The van der Waals surface area contributed by atoms with Crippen LogP contribution in [0.15, 0.2) is 24.8 Å². The van der Waals surface area contributed by atoms with Gasteiger partial charge in [0.05, 0.1) is 0 Å². The number of hydrogen-bond donors (Lipinski definition) is 0. The molecule has 2 nitrogen and oxygen atoms in total. The highest BCUT2D eigenvalue weighted by Crippen LogP contribution is 1.77. The predicted molar refractivity (Wildman–Crippen MR) is 59.3 cm³/mol. The molecular formula is C13H10O2. The summed E-state index contributed by atoms with van der Waals surface area (Å²) in [5.41, 5.74) is 0. The van der Waals surface area contributed by atoms with Gasteiger partial charge in [-0.25, -0.2) is 0 Å². The molecule has 0 spiro atoms. The maximum atomic E-state index is 10.3. The van der Waals surface area contributed by atoms with Gasteiger partial charge in [0.1, 0.15) is 6.61 Å². The van der Waals surface area contributed by atoms with Gasteiger partial charge in [-0.1, -0.05) is 18.4 Å². The molecule has 0 aliphatic rings. The number of carbonyl (C=O) groups is 1. The predicted octanol–water partition coefficient (Wildman–Crippen LogP) is 1.30. The lowest BCUT2D eigenvalue weighted by atomic mass is 10.4. The lowest BCUT2D eigenvalue weighted by molar-refractivity contribution is -0.139. The molecule has 0 rings (SSSR count). The Kier molecular flexibility index (Phi) is 8.18. The van der Waals surface area contributed by atoms with Crippen LogP contribution in [0.1, 0.15) is 6.92 Å². The molecule has 0 radical (unpaired) electrons. The summed E-state index contributed by atoms with van der Waals surface area (Å²) in [5.74, 6) is 15.0. The third-order valence-corrected chi connectivity index (χ3v) is 1.02. The Morgan fingerprint density at radius 3 is 2.53 bits per heavy atom. The van der Waals surface area contributed by atoms with E-state index in [0.29, 0.717) is 0 Å². The van der Waals surface area contributed by atoms with E-state index in [2.05, 4.69) is 46.8 Å². The first-order chi connectivity index (χ1) is 7.27. The van der Waals surface area contributed by atoms with Crippen molar-refractivity contribution >= 4 is 5.97 Å². The molecule has 0 heterocycles. The van der Waals surface area contributed by atoms with Crippen molar-refractivity contribution in [3.63, 3.8) is 0 Å². The number of esters is 1. The normalized spacial score (nSPS) is 7.27. The average Bonchev–Trinajstić information content (AvgIpc) is 2.20. The third-order valence-electron chi connectivity index (χ3n) is 1.02. The molecule has 0 amide bonds. The fourth-order valence-electron chi connectivity index (χ4n) is 0.500. The molecule has 0 unspecified atom stereocenters. The molecule has 0 aromatic heterocycles. The van der Waals surface area contributed by atoms with Crippen molar-refractivity contribution in [1.82, 2.24) is 0 Å². The van der Waals surface area contributed by atoms with Gasteiger partial charge in [0.25, 0.3) is 0 Å². The van der Waals surface area contributed by atoms with E-state index in [1.807, 2.05) is 0 Å². The average molecular weight is 198 g/mol. The van der Waals surface area contributed by atoms with Crippen LogP contribution in [0.3, 0.4) is 0 Å². The van der Waals surface area contributed by atoms with Crippen molar-refractivity contribution in [1.29, 1.82) is 0 Å². The van der Waals surface area contributed by atoms with E-state index in [1.54, 1.807) is 12.2 Å². The van der Waals surface area contributed by atoms with E-state index >= 15 is 0 Å². The number of rotatable bonds is 2. The first-order valence-electron chi connectivity index (χ1n) is 4.17. The zero-order valence-corrected chi connectivity index (χ0v) is 8.46. The van der Waals surface area contributed by atoms with Crippen LogP contribution in [0, 0.1) is 35.5 Å². The Labute approximate surface area is 90.0 Å². The van der Waals surface area contributed by atoms with Crippen LogP contribution in [0.5, 0.6) is 0 Å². The van der Waals surface area contributed by atoms with Gasteiger partial charge in [-0.2, -0.15) is 0 Å². The van der Waals surface area contributed by atoms with Crippen LogP contribution in [0.25, 0.3) is 0 Å². The van der Waals surface area contributed by atoms with Crippen LogP contribution in [0.4, 0.5) is 0 Å². The molecule has 15 heavy (non-hydrogen) atoms. The van der Waals surface area contributed by atoms with Gasteiger partial charge in [0, 0.05) is 6.92 Å². The van der Waals surface area contributed by atoms with E-state index < -0.39 is 0 Å². The molecule has 0 bridgehead atoms. The highest BCUT2D eigenvalue weighted by molar-refractivity contribution is 5.66. The van der Waals surface area contributed by atoms with Crippen molar-refractivity contribution in [3.05, 3.63) is 24.8 Å². The van der Waals surface area contributed by atoms with Crippen LogP contribution >= 0.6 is 0 Å². The number of allylic oxidation sites excluding steroid dienone is 2. The largest absolute Gasteiger partial charge is 0.462 e. The van der Waals surface area contributed by atoms with Crippen LogP contribution in [-0.2, 0) is 9.53 Å². The summed E-state index contributed by atoms with van der Waals surface area (Å²) < 4.78 is 4.64. The second kappa shape index (κ2) is 9.72. The highest BCUT2D eigenvalue weighted by Gasteiger charge is 1.84. The fraction of sp³-hybridized carbons (Fsp3) is 0.154. The van der Waals surface area contributed by atoms with Crippen LogP contribution < -0.4 is 0 Å². The second-order valence-corrected chi connectivity index (χ2v) is 2.20. The zero-order chi connectivity index (χ0) is 11.4. The summed E-state index contributed by atoms with van der Waals surface area (Å²) in [6.07, 6.45) is 4.66. The molecule has 0 saturated carbocycles. The molecule has 0 N–H and O–H groups in total. The first kappa shape index (κ1) is 12.6. The van der Waals surface area contributed by atoms with Crippen LogP contribution in [-0.4, -0.2) is 12.6 Å². The van der Waals surface area contributed by atoms with Gasteiger partial charge in [0.2, 0.25) is 0 Å².